The standard InChI is InChI=1S/C15H20/c1-2-15(13-9-5-3-6-10-13)14-11-7-4-8-12-14/h3,5-7,9,11-13,15H,2,4,8,10H2,1H3. The zero-order valence-corrected chi connectivity index (χ0v) is 9.52. The van der Waals surface area contributed by atoms with Gasteiger partial charge in [0, 0.05) is 0 Å². The quantitative estimate of drug-likeness (QED) is 0.632. The van der Waals surface area contributed by atoms with Gasteiger partial charge in [-0.25, -0.2) is 0 Å². The zero-order valence-electron chi connectivity index (χ0n) is 9.52. The predicted molar refractivity (Wildman–Crippen MR) is 66.6 cm³/mol. The Bertz CT molecular complexity index is 315. The summed E-state index contributed by atoms with van der Waals surface area (Å²) in [5.74, 6) is 1.44. The predicted octanol–water partition coefficient (Wildman–Crippen LogP) is 4.42. The molecule has 0 aromatic heterocycles. The lowest BCUT2D eigenvalue weighted by Gasteiger charge is -2.26. The Kier molecular flexibility index (Phi) is 3.60. The Morgan fingerprint density at radius 3 is 2.80 bits per heavy atom. The molecule has 0 saturated carbocycles. The van der Waals surface area contributed by atoms with Crippen molar-refractivity contribution in [3.8, 4) is 0 Å². The molecule has 2 aliphatic carbocycles. The van der Waals surface area contributed by atoms with Crippen LogP contribution in [0, 0.1) is 11.8 Å². The van der Waals surface area contributed by atoms with Crippen LogP contribution in [0.1, 0.15) is 32.6 Å². The molecule has 0 heterocycles. The van der Waals surface area contributed by atoms with E-state index in [9.17, 15) is 0 Å². The summed E-state index contributed by atoms with van der Waals surface area (Å²) in [6, 6.07) is 0. The van der Waals surface area contributed by atoms with Crippen molar-refractivity contribution in [3.05, 3.63) is 48.1 Å². The SMILES string of the molecule is CCC(C1=CCCC=C1)C1C=CC=CC1. The van der Waals surface area contributed by atoms with Gasteiger partial charge >= 0.3 is 0 Å². The van der Waals surface area contributed by atoms with Crippen LogP contribution in [0.15, 0.2) is 48.1 Å². The lowest BCUT2D eigenvalue weighted by Crippen LogP contribution is -2.15. The second-order valence-electron chi connectivity index (χ2n) is 4.41. The van der Waals surface area contributed by atoms with Crippen LogP contribution in [0.2, 0.25) is 0 Å². The van der Waals surface area contributed by atoms with Crippen LogP contribution in [-0.2, 0) is 0 Å². The zero-order chi connectivity index (χ0) is 10.5. The number of hydrogen-bond donors (Lipinski definition) is 0. The Morgan fingerprint density at radius 2 is 2.20 bits per heavy atom. The van der Waals surface area contributed by atoms with E-state index >= 15 is 0 Å². The minimum Gasteiger partial charge on any atom is -0.0840 e. The summed E-state index contributed by atoms with van der Waals surface area (Å²) in [7, 11) is 0. The van der Waals surface area contributed by atoms with E-state index in [2.05, 4.69) is 49.5 Å². The summed E-state index contributed by atoms with van der Waals surface area (Å²) in [5.41, 5.74) is 1.56. The van der Waals surface area contributed by atoms with Gasteiger partial charge in [-0.3, -0.25) is 0 Å². The smallest absolute Gasteiger partial charge is 0.0102 e. The molecule has 0 amide bonds. The van der Waals surface area contributed by atoms with Gasteiger partial charge in [0.1, 0.15) is 0 Å². The fourth-order valence-electron chi connectivity index (χ4n) is 2.59. The van der Waals surface area contributed by atoms with Crippen molar-refractivity contribution in [1.82, 2.24) is 0 Å². The molecule has 15 heavy (non-hydrogen) atoms. The third-order valence-corrected chi connectivity index (χ3v) is 3.42. The first kappa shape index (κ1) is 10.5. The van der Waals surface area contributed by atoms with Gasteiger partial charge in [-0.05, 0) is 43.1 Å². The molecule has 0 aromatic rings. The molecule has 0 spiro atoms. The highest BCUT2D eigenvalue weighted by Crippen LogP contribution is 2.32. The first-order chi connectivity index (χ1) is 7.42. The van der Waals surface area contributed by atoms with Gasteiger partial charge in [0.2, 0.25) is 0 Å². The van der Waals surface area contributed by atoms with E-state index < -0.39 is 0 Å². The van der Waals surface area contributed by atoms with Crippen molar-refractivity contribution in [1.29, 1.82) is 0 Å². The largest absolute Gasteiger partial charge is 0.0840 e. The molecule has 0 bridgehead atoms. The van der Waals surface area contributed by atoms with E-state index in [4.69, 9.17) is 0 Å². The molecule has 0 aromatic carbocycles. The van der Waals surface area contributed by atoms with Crippen molar-refractivity contribution in [2.24, 2.45) is 11.8 Å². The van der Waals surface area contributed by atoms with Gasteiger partial charge in [0.15, 0.2) is 0 Å². The van der Waals surface area contributed by atoms with E-state index in [1.54, 1.807) is 5.57 Å². The molecule has 0 radical (unpaired) electrons. The molecule has 2 aliphatic rings. The first-order valence-corrected chi connectivity index (χ1v) is 6.11. The Hall–Kier alpha value is -1.04. The lowest BCUT2D eigenvalue weighted by molar-refractivity contribution is 0.445. The van der Waals surface area contributed by atoms with E-state index in [-0.39, 0.29) is 0 Å². The maximum Gasteiger partial charge on any atom is -0.0102 e. The highest BCUT2D eigenvalue weighted by atomic mass is 14.2. The number of allylic oxidation sites excluding steroid dienone is 8. The molecular weight excluding hydrogens is 180 g/mol. The third-order valence-electron chi connectivity index (χ3n) is 3.42. The molecule has 0 heteroatoms. The van der Waals surface area contributed by atoms with Crippen molar-refractivity contribution < 1.29 is 0 Å². The van der Waals surface area contributed by atoms with Gasteiger partial charge in [0.05, 0.1) is 0 Å². The molecule has 0 aliphatic heterocycles. The van der Waals surface area contributed by atoms with Crippen LogP contribution < -0.4 is 0 Å². The molecule has 2 atom stereocenters. The molecule has 2 unspecified atom stereocenters. The van der Waals surface area contributed by atoms with E-state index in [1.165, 1.54) is 25.7 Å². The number of rotatable bonds is 3. The molecule has 0 nitrogen and oxygen atoms in total. The van der Waals surface area contributed by atoms with Crippen molar-refractivity contribution in [2.75, 3.05) is 0 Å². The van der Waals surface area contributed by atoms with Gasteiger partial charge in [-0.15, -0.1) is 0 Å². The van der Waals surface area contributed by atoms with Gasteiger partial charge < -0.3 is 0 Å². The highest BCUT2D eigenvalue weighted by Gasteiger charge is 2.20. The van der Waals surface area contributed by atoms with Crippen molar-refractivity contribution in [2.45, 2.75) is 32.6 Å². The van der Waals surface area contributed by atoms with Gasteiger partial charge in [0.25, 0.3) is 0 Å². The summed E-state index contributed by atoms with van der Waals surface area (Å²) in [6.45, 7) is 2.31. The lowest BCUT2D eigenvalue weighted by atomic mass is 9.79. The summed E-state index contributed by atoms with van der Waals surface area (Å²) in [5, 5.41) is 0. The normalized spacial score (nSPS) is 26.5. The maximum atomic E-state index is 2.43. The van der Waals surface area contributed by atoms with Gasteiger partial charge in [-0.2, -0.15) is 0 Å². The molecule has 0 fully saturated rings. The van der Waals surface area contributed by atoms with Gasteiger partial charge in [-0.1, -0.05) is 49.5 Å². The van der Waals surface area contributed by atoms with Crippen LogP contribution in [0.25, 0.3) is 0 Å². The van der Waals surface area contributed by atoms with Crippen LogP contribution >= 0.6 is 0 Å². The first-order valence-electron chi connectivity index (χ1n) is 6.11. The summed E-state index contributed by atoms with van der Waals surface area (Å²) in [4.78, 5) is 0. The highest BCUT2D eigenvalue weighted by molar-refractivity contribution is 5.28. The van der Waals surface area contributed by atoms with E-state index in [1.807, 2.05) is 0 Å². The fraction of sp³-hybridized carbons (Fsp3) is 0.467. The Morgan fingerprint density at radius 1 is 1.27 bits per heavy atom. The monoisotopic (exact) mass is 200 g/mol. The molecule has 80 valence electrons. The maximum absolute atomic E-state index is 2.43. The molecule has 2 rings (SSSR count). The van der Waals surface area contributed by atoms with E-state index in [0.717, 1.165) is 5.92 Å². The average molecular weight is 200 g/mol. The summed E-state index contributed by atoms with van der Waals surface area (Å²) < 4.78 is 0. The van der Waals surface area contributed by atoms with E-state index in [0.29, 0.717) is 5.92 Å². The minimum atomic E-state index is 0.717. The molecule has 0 N–H and O–H groups in total. The Labute approximate surface area is 93.1 Å². The fourth-order valence-corrected chi connectivity index (χ4v) is 2.59. The van der Waals surface area contributed by atoms with Crippen LogP contribution in [0.4, 0.5) is 0 Å². The minimum absolute atomic E-state index is 0.717. The second-order valence-corrected chi connectivity index (χ2v) is 4.41. The summed E-state index contributed by atoms with van der Waals surface area (Å²) in [6.07, 6.45) is 21.0. The third kappa shape index (κ3) is 2.50. The van der Waals surface area contributed by atoms with Crippen molar-refractivity contribution >= 4 is 0 Å². The van der Waals surface area contributed by atoms with Crippen molar-refractivity contribution in [3.63, 3.8) is 0 Å². The number of hydrogen-bond acceptors (Lipinski definition) is 0. The molecular formula is C15H20. The topological polar surface area (TPSA) is 0 Å². The van der Waals surface area contributed by atoms with Crippen LogP contribution in [-0.4, -0.2) is 0 Å². The van der Waals surface area contributed by atoms with Crippen LogP contribution in [0.3, 0.4) is 0 Å². The van der Waals surface area contributed by atoms with Crippen LogP contribution in [0.5, 0.6) is 0 Å². The summed E-state index contributed by atoms with van der Waals surface area (Å²) >= 11 is 0. The average Bonchev–Trinajstić information content (AvgIpc) is 2.33. The second kappa shape index (κ2) is 5.16. The molecule has 0 saturated heterocycles. The Balaban J connectivity index is 2.09.